The van der Waals surface area contributed by atoms with Gasteiger partial charge in [0.1, 0.15) is 18.2 Å². The van der Waals surface area contributed by atoms with Gasteiger partial charge in [-0.3, -0.25) is 0 Å². The van der Waals surface area contributed by atoms with Crippen LogP contribution in [-0.2, 0) is 9.53 Å². The minimum atomic E-state index is -0.312. The van der Waals surface area contributed by atoms with Gasteiger partial charge in [0.15, 0.2) is 0 Å². The molecule has 0 radical (unpaired) electrons. The number of nitrogens with zero attached hydrogens (tertiary/aromatic N) is 3. The number of anilines is 1. The van der Waals surface area contributed by atoms with Crippen molar-refractivity contribution in [2.24, 2.45) is 0 Å². The molecule has 1 aromatic heterocycles. The monoisotopic (exact) mass is 250 g/mol. The van der Waals surface area contributed by atoms with Crippen LogP contribution in [0, 0.1) is 6.92 Å². The zero-order valence-electron chi connectivity index (χ0n) is 10.7. The Morgan fingerprint density at radius 1 is 1.61 bits per heavy atom. The van der Waals surface area contributed by atoms with Crippen LogP contribution >= 0.6 is 0 Å². The van der Waals surface area contributed by atoms with E-state index in [4.69, 9.17) is 4.74 Å². The average molecular weight is 250 g/mol. The molecule has 6 heteroatoms. The fraction of sp³-hybridized carbons (Fsp3) is 0.583. The summed E-state index contributed by atoms with van der Waals surface area (Å²) >= 11 is 0. The lowest BCUT2D eigenvalue weighted by Gasteiger charge is -2.35. The highest BCUT2D eigenvalue weighted by molar-refractivity contribution is 5.80. The zero-order chi connectivity index (χ0) is 13.0. The number of ether oxygens (including phenoxy) is 1. The normalized spacial score (nSPS) is 19.7. The second-order valence-electron chi connectivity index (χ2n) is 4.18. The highest BCUT2D eigenvalue weighted by Crippen LogP contribution is 2.16. The first-order valence-electron chi connectivity index (χ1n) is 6.15. The Bertz CT molecular complexity index is 424. The molecule has 0 amide bonds. The average Bonchev–Trinajstić information content (AvgIpc) is 2.39. The third-order valence-corrected chi connectivity index (χ3v) is 2.89. The van der Waals surface area contributed by atoms with E-state index in [9.17, 15) is 4.79 Å². The van der Waals surface area contributed by atoms with E-state index in [-0.39, 0.29) is 12.0 Å². The van der Waals surface area contributed by atoms with Gasteiger partial charge in [-0.25, -0.2) is 14.8 Å². The van der Waals surface area contributed by atoms with E-state index in [1.54, 1.807) is 0 Å². The van der Waals surface area contributed by atoms with Crippen LogP contribution in [0.5, 0.6) is 0 Å². The van der Waals surface area contributed by atoms with Crippen LogP contribution in [0.15, 0.2) is 12.4 Å². The molecule has 1 saturated heterocycles. The number of hydrogen-bond acceptors (Lipinski definition) is 6. The van der Waals surface area contributed by atoms with Crippen LogP contribution in [0.2, 0.25) is 0 Å². The largest absolute Gasteiger partial charge is 0.464 e. The molecule has 1 fully saturated rings. The number of carbonyl (C=O) groups excluding carboxylic acids is 1. The molecule has 6 nitrogen and oxygen atoms in total. The summed E-state index contributed by atoms with van der Waals surface area (Å²) in [5.74, 6) is 0.572. The molecule has 98 valence electrons. The maximum atomic E-state index is 11.9. The SMILES string of the molecule is CCOC(=O)C1CNCCN1c1cc(C)ncn1. The number of nitrogens with one attached hydrogen (secondary N) is 1. The van der Waals surface area contributed by atoms with Crippen molar-refractivity contribution in [1.82, 2.24) is 15.3 Å². The smallest absolute Gasteiger partial charge is 0.330 e. The molecule has 0 spiro atoms. The molecule has 18 heavy (non-hydrogen) atoms. The molecule has 1 unspecified atom stereocenters. The van der Waals surface area contributed by atoms with Gasteiger partial charge in [-0.1, -0.05) is 0 Å². The number of carbonyl (C=O) groups is 1. The molecule has 0 saturated carbocycles. The van der Waals surface area contributed by atoms with E-state index >= 15 is 0 Å². The maximum Gasteiger partial charge on any atom is 0.330 e. The molecular weight excluding hydrogens is 232 g/mol. The van der Waals surface area contributed by atoms with Crippen LogP contribution in [0.1, 0.15) is 12.6 Å². The lowest BCUT2D eigenvalue weighted by Crippen LogP contribution is -2.56. The summed E-state index contributed by atoms with van der Waals surface area (Å²) in [4.78, 5) is 22.2. The highest BCUT2D eigenvalue weighted by Gasteiger charge is 2.30. The number of hydrogen-bond donors (Lipinski definition) is 1. The van der Waals surface area contributed by atoms with Gasteiger partial charge >= 0.3 is 5.97 Å². The highest BCUT2D eigenvalue weighted by atomic mass is 16.5. The molecule has 2 heterocycles. The van der Waals surface area contributed by atoms with Crippen LogP contribution in [0.3, 0.4) is 0 Å². The lowest BCUT2D eigenvalue weighted by molar-refractivity contribution is -0.144. The number of rotatable bonds is 3. The van der Waals surface area contributed by atoms with E-state index in [1.807, 2.05) is 24.8 Å². The Kier molecular flexibility index (Phi) is 4.09. The summed E-state index contributed by atoms with van der Waals surface area (Å²) in [6, 6.07) is 1.57. The van der Waals surface area contributed by atoms with E-state index in [1.165, 1.54) is 6.33 Å². The van der Waals surface area contributed by atoms with Crippen molar-refractivity contribution in [2.45, 2.75) is 19.9 Å². The third kappa shape index (κ3) is 2.76. The van der Waals surface area contributed by atoms with E-state index in [0.717, 1.165) is 24.6 Å². The van der Waals surface area contributed by atoms with Crippen molar-refractivity contribution < 1.29 is 9.53 Å². The Morgan fingerprint density at radius 2 is 2.44 bits per heavy atom. The molecular formula is C12H18N4O2. The molecule has 1 atom stereocenters. The topological polar surface area (TPSA) is 67.3 Å². The van der Waals surface area contributed by atoms with Gasteiger partial charge in [0, 0.05) is 31.4 Å². The lowest BCUT2D eigenvalue weighted by atomic mass is 10.2. The Labute approximate surface area is 106 Å². The summed E-state index contributed by atoms with van der Waals surface area (Å²) in [6.45, 7) is 6.27. The first-order chi connectivity index (χ1) is 8.72. The van der Waals surface area contributed by atoms with Crippen molar-refractivity contribution in [3.63, 3.8) is 0 Å². The van der Waals surface area contributed by atoms with Crippen molar-refractivity contribution in [2.75, 3.05) is 31.1 Å². The number of aryl methyl sites for hydroxylation is 1. The summed E-state index contributed by atoms with van der Waals surface area (Å²) in [6.07, 6.45) is 1.52. The number of esters is 1. The number of aromatic nitrogens is 2. The first kappa shape index (κ1) is 12.8. The van der Waals surface area contributed by atoms with Crippen LogP contribution in [0.25, 0.3) is 0 Å². The molecule has 1 N–H and O–H groups in total. The van der Waals surface area contributed by atoms with Gasteiger partial charge in [0.2, 0.25) is 0 Å². The fourth-order valence-electron chi connectivity index (χ4n) is 2.03. The van der Waals surface area contributed by atoms with Gasteiger partial charge in [-0.2, -0.15) is 0 Å². The second-order valence-corrected chi connectivity index (χ2v) is 4.18. The van der Waals surface area contributed by atoms with E-state index in [2.05, 4.69) is 15.3 Å². The van der Waals surface area contributed by atoms with E-state index in [0.29, 0.717) is 13.2 Å². The standard InChI is InChI=1S/C12H18N4O2/c1-3-18-12(17)10-7-13-4-5-16(10)11-6-9(2)14-8-15-11/h6,8,10,13H,3-5,7H2,1-2H3. The molecule has 0 aromatic carbocycles. The first-order valence-corrected chi connectivity index (χ1v) is 6.15. The van der Waals surface area contributed by atoms with E-state index < -0.39 is 0 Å². The predicted octanol–water partition coefficient (Wildman–Crippen LogP) is 0.126. The maximum absolute atomic E-state index is 11.9. The van der Waals surface area contributed by atoms with Gasteiger partial charge in [0.05, 0.1) is 6.61 Å². The molecule has 0 bridgehead atoms. The zero-order valence-corrected chi connectivity index (χ0v) is 10.7. The van der Waals surface area contributed by atoms with Gasteiger partial charge in [0.25, 0.3) is 0 Å². The predicted molar refractivity (Wildman–Crippen MR) is 67.4 cm³/mol. The Balaban J connectivity index is 2.20. The second kappa shape index (κ2) is 5.77. The molecule has 1 aromatic rings. The Morgan fingerprint density at radius 3 is 3.17 bits per heavy atom. The summed E-state index contributed by atoms with van der Waals surface area (Å²) < 4.78 is 5.10. The van der Waals surface area contributed by atoms with Crippen LogP contribution in [-0.4, -0.2) is 48.2 Å². The Hall–Kier alpha value is -1.69. The molecule has 1 aliphatic heterocycles. The van der Waals surface area contributed by atoms with Gasteiger partial charge in [-0.05, 0) is 13.8 Å². The molecule has 2 rings (SSSR count). The minimum absolute atomic E-state index is 0.207. The summed E-state index contributed by atoms with van der Waals surface area (Å²) in [7, 11) is 0. The van der Waals surface area contributed by atoms with Crippen LogP contribution < -0.4 is 10.2 Å². The van der Waals surface area contributed by atoms with Crippen LogP contribution in [0.4, 0.5) is 5.82 Å². The van der Waals surface area contributed by atoms with Crippen molar-refractivity contribution >= 4 is 11.8 Å². The summed E-state index contributed by atoms with van der Waals surface area (Å²) in [5.41, 5.74) is 0.890. The quantitative estimate of drug-likeness (QED) is 0.769. The minimum Gasteiger partial charge on any atom is -0.464 e. The van der Waals surface area contributed by atoms with Crippen molar-refractivity contribution in [3.05, 3.63) is 18.1 Å². The van der Waals surface area contributed by atoms with Crippen molar-refractivity contribution in [3.8, 4) is 0 Å². The van der Waals surface area contributed by atoms with Gasteiger partial charge in [-0.15, -0.1) is 0 Å². The van der Waals surface area contributed by atoms with Gasteiger partial charge < -0.3 is 15.0 Å². The molecule has 0 aliphatic carbocycles. The fourth-order valence-corrected chi connectivity index (χ4v) is 2.03. The number of piperazine rings is 1. The summed E-state index contributed by atoms with van der Waals surface area (Å²) in [5, 5.41) is 3.20. The third-order valence-electron chi connectivity index (χ3n) is 2.89. The van der Waals surface area contributed by atoms with Crippen molar-refractivity contribution in [1.29, 1.82) is 0 Å². The molecule has 1 aliphatic rings.